The summed E-state index contributed by atoms with van der Waals surface area (Å²) >= 11 is 0. The molecule has 2 rings (SSSR count). The molecule has 0 radical (unpaired) electrons. The van der Waals surface area contributed by atoms with Crippen molar-refractivity contribution in [3.05, 3.63) is 59.7 Å². The van der Waals surface area contributed by atoms with E-state index in [0.717, 1.165) is 18.6 Å². The zero-order valence-corrected chi connectivity index (χ0v) is 18.3. The predicted octanol–water partition coefficient (Wildman–Crippen LogP) is 6.53. The van der Waals surface area contributed by atoms with E-state index in [1.807, 2.05) is 12.1 Å². The van der Waals surface area contributed by atoms with E-state index in [-0.39, 0.29) is 17.0 Å². The summed E-state index contributed by atoms with van der Waals surface area (Å²) in [5, 5.41) is 0. The Labute approximate surface area is 170 Å². The van der Waals surface area contributed by atoms with Gasteiger partial charge in [-0.1, -0.05) is 52.0 Å². The maximum absolute atomic E-state index is 11.2. The fraction of sp³-hybridized carbons (Fsp3) is 0.480. The fourth-order valence-electron chi connectivity index (χ4n) is 3.56. The van der Waals surface area contributed by atoms with Gasteiger partial charge < -0.3 is 9.47 Å². The average Bonchev–Trinajstić information content (AvgIpc) is 2.61. The molecule has 0 aliphatic carbocycles. The van der Waals surface area contributed by atoms with Crippen molar-refractivity contribution in [1.82, 2.24) is 0 Å². The molecule has 0 spiro atoms. The van der Waals surface area contributed by atoms with E-state index in [0.29, 0.717) is 11.7 Å². The number of carbonyl (C=O) groups is 1. The zero-order chi connectivity index (χ0) is 20.9. The van der Waals surface area contributed by atoms with Crippen LogP contribution < -0.4 is 9.47 Å². The van der Waals surface area contributed by atoms with Crippen LogP contribution in [0.4, 0.5) is 0 Å². The molecule has 1 unspecified atom stereocenters. The van der Waals surface area contributed by atoms with Gasteiger partial charge >= 0.3 is 5.97 Å². The lowest BCUT2D eigenvalue weighted by Gasteiger charge is -2.33. The summed E-state index contributed by atoms with van der Waals surface area (Å²) in [7, 11) is 0. The highest BCUT2D eigenvalue weighted by Gasteiger charge is 2.30. The molecule has 0 aliphatic heterocycles. The van der Waals surface area contributed by atoms with E-state index in [2.05, 4.69) is 77.9 Å². The van der Waals surface area contributed by atoms with Crippen LogP contribution in [0.2, 0.25) is 0 Å². The summed E-state index contributed by atoms with van der Waals surface area (Å²) in [5.41, 5.74) is 2.15. The van der Waals surface area contributed by atoms with Gasteiger partial charge in [0.1, 0.15) is 17.1 Å². The third-order valence-corrected chi connectivity index (χ3v) is 5.31. The Balaban J connectivity index is 2.35. The van der Waals surface area contributed by atoms with E-state index < -0.39 is 0 Å². The molecule has 0 saturated heterocycles. The molecule has 0 aromatic heterocycles. The maximum Gasteiger partial charge on any atom is 0.308 e. The highest BCUT2D eigenvalue weighted by atomic mass is 16.5. The van der Waals surface area contributed by atoms with Gasteiger partial charge in [0.15, 0.2) is 0 Å². The smallest absolute Gasteiger partial charge is 0.308 e. The Morgan fingerprint density at radius 2 is 1.36 bits per heavy atom. The number of benzene rings is 2. The standard InChI is InChI=1S/C25H34O3/c1-8-24(5,6)28-23-15-11-21(12-16-23)25(7,17-18(2)3)20-9-13-22(14-10-20)27-19(4)26/h9-16,18H,8,17H2,1-7H3. The molecule has 0 aliphatic rings. The average molecular weight is 383 g/mol. The lowest BCUT2D eigenvalue weighted by atomic mass is 9.71. The Kier molecular flexibility index (Phi) is 6.92. The third-order valence-electron chi connectivity index (χ3n) is 5.31. The van der Waals surface area contributed by atoms with E-state index in [4.69, 9.17) is 9.47 Å². The van der Waals surface area contributed by atoms with Crippen molar-refractivity contribution in [2.24, 2.45) is 5.92 Å². The largest absolute Gasteiger partial charge is 0.488 e. The number of esters is 1. The Morgan fingerprint density at radius 1 is 0.893 bits per heavy atom. The van der Waals surface area contributed by atoms with Crippen molar-refractivity contribution in [2.75, 3.05) is 0 Å². The van der Waals surface area contributed by atoms with Crippen LogP contribution in [0.25, 0.3) is 0 Å². The summed E-state index contributed by atoms with van der Waals surface area (Å²) in [6.07, 6.45) is 1.97. The van der Waals surface area contributed by atoms with Crippen LogP contribution in [0.15, 0.2) is 48.5 Å². The molecular weight excluding hydrogens is 348 g/mol. The summed E-state index contributed by atoms with van der Waals surface area (Å²) < 4.78 is 11.3. The Morgan fingerprint density at radius 3 is 1.75 bits per heavy atom. The quantitative estimate of drug-likeness (QED) is 0.384. The lowest BCUT2D eigenvalue weighted by molar-refractivity contribution is -0.131. The molecule has 3 heteroatoms. The minimum absolute atomic E-state index is 0.137. The van der Waals surface area contributed by atoms with Gasteiger partial charge in [0, 0.05) is 12.3 Å². The summed E-state index contributed by atoms with van der Waals surface area (Å²) in [6.45, 7) is 14.5. The molecule has 2 aromatic rings. The second kappa shape index (κ2) is 8.81. The fourth-order valence-corrected chi connectivity index (χ4v) is 3.56. The number of hydrogen-bond acceptors (Lipinski definition) is 3. The molecule has 0 bridgehead atoms. The number of carbonyl (C=O) groups excluding carboxylic acids is 1. The normalized spacial score (nSPS) is 13.9. The van der Waals surface area contributed by atoms with Gasteiger partial charge in [-0.25, -0.2) is 0 Å². The van der Waals surface area contributed by atoms with Gasteiger partial charge in [0.05, 0.1) is 0 Å². The van der Waals surface area contributed by atoms with Crippen molar-refractivity contribution < 1.29 is 14.3 Å². The minimum atomic E-state index is -0.303. The number of hydrogen-bond donors (Lipinski definition) is 0. The van der Waals surface area contributed by atoms with E-state index in [9.17, 15) is 4.79 Å². The van der Waals surface area contributed by atoms with Crippen LogP contribution in [0.3, 0.4) is 0 Å². The topological polar surface area (TPSA) is 35.5 Å². The van der Waals surface area contributed by atoms with Crippen molar-refractivity contribution in [3.63, 3.8) is 0 Å². The van der Waals surface area contributed by atoms with E-state index in [1.165, 1.54) is 18.1 Å². The van der Waals surface area contributed by atoms with Crippen molar-refractivity contribution in [3.8, 4) is 11.5 Å². The first-order valence-electron chi connectivity index (χ1n) is 10.1. The predicted molar refractivity (Wildman–Crippen MR) is 115 cm³/mol. The van der Waals surface area contributed by atoms with Gasteiger partial charge in [-0.15, -0.1) is 0 Å². The van der Waals surface area contributed by atoms with E-state index >= 15 is 0 Å². The van der Waals surface area contributed by atoms with Crippen LogP contribution in [0.5, 0.6) is 11.5 Å². The molecule has 0 amide bonds. The highest BCUT2D eigenvalue weighted by molar-refractivity contribution is 5.69. The Hall–Kier alpha value is -2.29. The van der Waals surface area contributed by atoms with Crippen molar-refractivity contribution in [2.45, 2.75) is 72.3 Å². The SMILES string of the molecule is CCC(C)(C)Oc1ccc(C(C)(CC(C)C)c2ccc(OC(C)=O)cc2)cc1. The molecule has 152 valence electrons. The zero-order valence-electron chi connectivity index (χ0n) is 18.3. The number of ether oxygens (including phenoxy) is 2. The van der Waals surface area contributed by atoms with Crippen LogP contribution in [-0.4, -0.2) is 11.6 Å². The van der Waals surface area contributed by atoms with Crippen molar-refractivity contribution >= 4 is 5.97 Å². The maximum atomic E-state index is 11.2. The molecule has 1 atom stereocenters. The lowest BCUT2D eigenvalue weighted by Crippen LogP contribution is -2.27. The first-order valence-corrected chi connectivity index (χ1v) is 10.1. The van der Waals surface area contributed by atoms with Gasteiger partial charge in [-0.05, 0) is 68.0 Å². The molecule has 0 heterocycles. The van der Waals surface area contributed by atoms with Gasteiger partial charge in [0.25, 0.3) is 0 Å². The third kappa shape index (κ3) is 5.60. The molecule has 0 fully saturated rings. The van der Waals surface area contributed by atoms with Crippen LogP contribution in [0, 0.1) is 5.92 Å². The molecule has 0 saturated carbocycles. The van der Waals surface area contributed by atoms with Crippen LogP contribution >= 0.6 is 0 Å². The van der Waals surface area contributed by atoms with Gasteiger partial charge in [-0.2, -0.15) is 0 Å². The second-order valence-corrected chi connectivity index (χ2v) is 8.79. The summed E-state index contributed by atoms with van der Waals surface area (Å²) in [5.74, 6) is 1.71. The van der Waals surface area contributed by atoms with Gasteiger partial charge in [0.2, 0.25) is 0 Å². The Bertz CT molecular complexity index is 772. The first kappa shape index (κ1) is 22.0. The highest BCUT2D eigenvalue weighted by Crippen LogP contribution is 2.39. The van der Waals surface area contributed by atoms with Crippen molar-refractivity contribution in [1.29, 1.82) is 0 Å². The second-order valence-electron chi connectivity index (χ2n) is 8.79. The monoisotopic (exact) mass is 382 g/mol. The van der Waals surface area contributed by atoms with Crippen LogP contribution in [-0.2, 0) is 10.2 Å². The molecule has 2 aromatic carbocycles. The molecule has 3 nitrogen and oxygen atoms in total. The summed E-state index contributed by atoms with van der Waals surface area (Å²) in [6, 6.07) is 16.3. The van der Waals surface area contributed by atoms with Gasteiger partial charge in [-0.3, -0.25) is 4.79 Å². The minimum Gasteiger partial charge on any atom is -0.488 e. The molecule has 28 heavy (non-hydrogen) atoms. The van der Waals surface area contributed by atoms with Crippen LogP contribution in [0.1, 0.15) is 72.4 Å². The molecule has 0 N–H and O–H groups in total. The summed E-state index contributed by atoms with van der Waals surface area (Å²) in [4.78, 5) is 11.2. The molecular formula is C25H34O3. The van der Waals surface area contributed by atoms with E-state index in [1.54, 1.807) is 0 Å². The first-order chi connectivity index (χ1) is 13.1. The number of rotatable bonds is 8.